The molecule has 1 aliphatic carbocycles. The van der Waals surface area contributed by atoms with Crippen molar-refractivity contribution in [3.63, 3.8) is 0 Å². The Kier molecular flexibility index (Phi) is 4.58. The molecule has 0 spiro atoms. The highest BCUT2D eigenvalue weighted by Crippen LogP contribution is 2.33. The Balaban J connectivity index is 2.25. The van der Waals surface area contributed by atoms with Crippen molar-refractivity contribution < 1.29 is 17.6 Å². The van der Waals surface area contributed by atoms with Gasteiger partial charge in [-0.2, -0.15) is 0 Å². The summed E-state index contributed by atoms with van der Waals surface area (Å²) in [5.74, 6) is -0.644. The summed E-state index contributed by atoms with van der Waals surface area (Å²) in [6.45, 7) is 3.32. The van der Waals surface area contributed by atoms with Crippen LogP contribution in [0.4, 0.5) is 4.39 Å². The number of carbonyl (C=O) groups excluding carboxylic acids is 1. The van der Waals surface area contributed by atoms with E-state index in [-0.39, 0.29) is 22.1 Å². The predicted molar refractivity (Wildman–Crippen MR) is 78.4 cm³/mol. The molecule has 0 bridgehead atoms. The van der Waals surface area contributed by atoms with Crippen molar-refractivity contribution in [3.05, 3.63) is 29.1 Å². The summed E-state index contributed by atoms with van der Waals surface area (Å²) >= 11 is 0. The number of benzene rings is 1. The second-order valence-electron chi connectivity index (χ2n) is 5.57. The van der Waals surface area contributed by atoms with Crippen molar-refractivity contribution in [2.24, 2.45) is 5.92 Å². The van der Waals surface area contributed by atoms with Gasteiger partial charge in [-0.1, -0.05) is 12.8 Å². The maximum absolute atomic E-state index is 13.6. The molecule has 0 radical (unpaired) electrons. The van der Waals surface area contributed by atoms with Gasteiger partial charge in [0, 0.05) is 22.3 Å². The van der Waals surface area contributed by atoms with Crippen LogP contribution in [0.2, 0.25) is 0 Å². The van der Waals surface area contributed by atoms with Crippen molar-refractivity contribution in [2.75, 3.05) is 0 Å². The Morgan fingerprint density at radius 3 is 2.62 bits per heavy atom. The summed E-state index contributed by atoms with van der Waals surface area (Å²) in [5, 5.41) is 2.77. The lowest BCUT2D eigenvalue weighted by Crippen LogP contribution is -2.33. The van der Waals surface area contributed by atoms with Gasteiger partial charge in [-0.25, -0.2) is 12.8 Å². The van der Waals surface area contributed by atoms with Gasteiger partial charge in [-0.3, -0.25) is 4.79 Å². The molecule has 0 aliphatic heterocycles. The minimum absolute atomic E-state index is 0.00290. The molecule has 1 aliphatic rings. The van der Waals surface area contributed by atoms with E-state index in [1.165, 1.54) is 19.8 Å². The minimum atomic E-state index is -4.10. The summed E-state index contributed by atoms with van der Waals surface area (Å²) in [6, 6.07) is 1.81. The standard InChI is InChI=1S/C14H17ClFNO3S/c1-8(5-10-3-4-10)17-14(18)12-6-11(16)7-13(9(12)2)21(15,19)20/h6-8,10H,3-5H2,1-2H3,(H,17,18). The first-order chi connectivity index (χ1) is 9.68. The Bertz CT molecular complexity index is 671. The number of halogens is 2. The van der Waals surface area contributed by atoms with Crippen LogP contribution >= 0.6 is 10.7 Å². The highest BCUT2D eigenvalue weighted by atomic mass is 35.7. The van der Waals surface area contributed by atoms with E-state index in [1.54, 1.807) is 0 Å². The molecular weight excluding hydrogens is 317 g/mol. The van der Waals surface area contributed by atoms with Crippen molar-refractivity contribution in [2.45, 2.75) is 44.0 Å². The normalized spacial score (nSPS) is 16.6. The van der Waals surface area contributed by atoms with Crippen LogP contribution in [0.15, 0.2) is 17.0 Å². The molecule has 1 aromatic carbocycles. The third-order valence-electron chi connectivity index (χ3n) is 3.59. The highest BCUT2D eigenvalue weighted by molar-refractivity contribution is 8.13. The zero-order chi connectivity index (χ0) is 15.8. The zero-order valence-electron chi connectivity index (χ0n) is 11.8. The van der Waals surface area contributed by atoms with E-state index in [0.717, 1.165) is 18.6 Å². The van der Waals surface area contributed by atoms with Gasteiger partial charge in [-0.15, -0.1) is 0 Å². The van der Waals surface area contributed by atoms with E-state index in [9.17, 15) is 17.6 Å². The summed E-state index contributed by atoms with van der Waals surface area (Å²) in [5.41, 5.74) is 0.152. The fourth-order valence-electron chi connectivity index (χ4n) is 2.36. The van der Waals surface area contributed by atoms with Crippen molar-refractivity contribution in [1.82, 2.24) is 5.32 Å². The average molecular weight is 334 g/mol. The van der Waals surface area contributed by atoms with E-state index in [2.05, 4.69) is 5.32 Å². The lowest BCUT2D eigenvalue weighted by atomic mass is 10.1. The smallest absolute Gasteiger partial charge is 0.261 e. The second kappa shape index (κ2) is 5.93. The lowest BCUT2D eigenvalue weighted by Gasteiger charge is -2.15. The van der Waals surface area contributed by atoms with E-state index in [1.807, 2.05) is 6.92 Å². The molecule has 0 aromatic heterocycles. The molecule has 1 unspecified atom stereocenters. The molecular formula is C14H17ClFNO3S. The monoisotopic (exact) mass is 333 g/mol. The van der Waals surface area contributed by atoms with Crippen LogP contribution in [0.1, 0.15) is 42.1 Å². The van der Waals surface area contributed by atoms with Crippen molar-refractivity contribution in [1.29, 1.82) is 0 Å². The molecule has 4 nitrogen and oxygen atoms in total. The van der Waals surface area contributed by atoms with Gasteiger partial charge < -0.3 is 5.32 Å². The molecule has 0 saturated heterocycles. The maximum Gasteiger partial charge on any atom is 0.261 e. The van der Waals surface area contributed by atoms with Gasteiger partial charge in [-0.05, 0) is 43.9 Å². The zero-order valence-corrected chi connectivity index (χ0v) is 13.4. The van der Waals surface area contributed by atoms with E-state index in [0.29, 0.717) is 5.92 Å². The number of hydrogen-bond acceptors (Lipinski definition) is 3. The second-order valence-corrected chi connectivity index (χ2v) is 8.10. The molecule has 1 atom stereocenters. The van der Waals surface area contributed by atoms with Gasteiger partial charge in [0.25, 0.3) is 15.0 Å². The molecule has 1 aromatic rings. The first-order valence-electron chi connectivity index (χ1n) is 6.74. The number of hydrogen-bond donors (Lipinski definition) is 1. The fraction of sp³-hybridized carbons (Fsp3) is 0.500. The summed E-state index contributed by atoms with van der Waals surface area (Å²) in [7, 11) is 1.17. The van der Waals surface area contributed by atoms with Crippen LogP contribution in [0.3, 0.4) is 0 Å². The van der Waals surface area contributed by atoms with Crippen LogP contribution in [0, 0.1) is 18.7 Å². The molecule has 7 heteroatoms. The first kappa shape index (κ1) is 16.2. The third-order valence-corrected chi connectivity index (χ3v) is 5.04. The van der Waals surface area contributed by atoms with Crippen LogP contribution in [-0.2, 0) is 9.05 Å². The van der Waals surface area contributed by atoms with E-state index >= 15 is 0 Å². The van der Waals surface area contributed by atoms with Crippen LogP contribution in [0.25, 0.3) is 0 Å². The molecule has 1 fully saturated rings. The fourth-order valence-corrected chi connectivity index (χ4v) is 3.57. The molecule has 116 valence electrons. The minimum Gasteiger partial charge on any atom is -0.350 e. The number of carbonyl (C=O) groups is 1. The molecule has 1 amide bonds. The average Bonchev–Trinajstić information content (AvgIpc) is 3.13. The highest BCUT2D eigenvalue weighted by Gasteiger charge is 2.26. The van der Waals surface area contributed by atoms with Gasteiger partial charge in [0.1, 0.15) is 5.82 Å². The van der Waals surface area contributed by atoms with E-state index in [4.69, 9.17) is 10.7 Å². The van der Waals surface area contributed by atoms with Crippen molar-refractivity contribution >= 4 is 25.6 Å². The summed E-state index contributed by atoms with van der Waals surface area (Å²) < 4.78 is 36.4. The predicted octanol–water partition coefficient (Wildman–Crippen LogP) is 2.98. The number of amides is 1. The molecule has 21 heavy (non-hydrogen) atoms. The largest absolute Gasteiger partial charge is 0.350 e. The van der Waals surface area contributed by atoms with Gasteiger partial charge >= 0.3 is 0 Å². The topological polar surface area (TPSA) is 63.2 Å². The Labute approximate surface area is 128 Å². The van der Waals surface area contributed by atoms with Crippen LogP contribution in [-0.4, -0.2) is 20.4 Å². The van der Waals surface area contributed by atoms with E-state index < -0.39 is 20.8 Å². The number of nitrogens with one attached hydrogen (secondary N) is 1. The molecule has 0 heterocycles. The summed E-state index contributed by atoms with van der Waals surface area (Å²) in [6.07, 6.45) is 3.22. The van der Waals surface area contributed by atoms with Gasteiger partial charge in [0.15, 0.2) is 0 Å². The lowest BCUT2D eigenvalue weighted by molar-refractivity contribution is 0.0936. The SMILES string of the molecule is Cc1c(C(=O)NC(C)CC2CC2)cc(F)cc1S(=O)(=O)Cl. The van der Waals surface area contributed by atoms with Crippen molar-refractivity contribution in [3.8, 4) is 0 Å². The first-order valence-corrected chi connectivity index (χ1v) is 9.05. The molecule has 2 rings (SSSR count). The Hall–Kier alpha value is -1.14. The van der Waals surface area contributed by atoms with Gasteiger partial charge in [0.2, 0.25) is 0 Å². The summed E-state index contributed by atoms with van der Waals surface area (Å²) in [4.78, 5) is 11.8. The molecule has 1 N–H and O–H groups in total. The quantitative estimate of drug-likeness (QED) is 0.842. The Morgan fingerprint density at radius 2 is 2.10 bits per heavy atom. The molecule has 1 saturated carbocycles. The van der Waals surface area contributed by atoms with Gasteiger partial charge in [0.05, 0.1) is 4.90 Å². The van der Waals surface area contributed by atoms with Crippen LogP contribution < -0.4 is 5.32 Å². The van der Waals surface area contributed by atoms with Crippen LogP contribution in [0.5, 0.6) is 0 Å². The number of rotatable bonds is 5. The third kappa shape index (κ3) is 4.17. The maximum atomic E-state index is 13.6. The Morgan fingerprint density at radius 1 is 1.48 bits per heavy atom.